The van der Waals surface area contributed by atoms with Crippen molar-refractivity contribution in [1.82, 2.24) is 10.2 Å². The number of amides is 2. The first-order valence-electron chi connectivity index (χ1n) is 15.5. The van der Waals surface area contributed by atoms with E-state index < -0.39 is 0 Å². The Kier molecular flexibility index (Phi) is 9.73. The lowest BCUT2D eigenvalue weighted by atomic mass is 9.74. The third kappa shape index (κ3) is 6.92. The Morgan fingerprint density at radius 2 is 1.44 bits per heavy atom. The third-order valence-electron chi connectivity index (χ3n) is 9.57. The number of hydrogen-bond acceptors (Lipinski definition) is 3. The standard InChI is InChI=1S/C34H46N2O3/c37-24-32(27-11-3-1-4-12-27)35-33(38)31-18-10-9-17-30(31)26-21-19-25(20-22-26)23-36(29-15-5-2-6-16-29)34(39)28-13-7-8-14-28/h1,3-4,11-12,19-22,28-32,37H,2,5-10,13-18,23-24H2,(H,35,38). The average molecular weight is 531 g/mol. The molecule has 2 N–H and O–H groups in total. The van der Waals surface area contributed by atoms with Crippen molar-refractivity contribution in [2.45, 2.75) is 108 Å². The van der Waals surface area contributed by atoms with Crippen molar-refractivity contribution >= 4 is 11.8 Å². The van der Waals surface area contributed by atoms with Gasteiger partial charge in [-0.2, -0.15) is 0 Å². The molecule has 3 aliphatic carbocycles. The van der Waals surface area contributed by atoms with Crippen LogP contribution in [0, 0.1) is 11.8 Å². The van der Waals surface area contributed by atoms with E-state index in [0.29, 0.717) is 18.5 Å². The van der Waals surface area contributed by atoms with Gasteiger partial charge in [-0.1, -0.05) is 99.5 Å². The van der Waals surface area contributed by atoms with Crippen LogP contribution in [-0.4, -0.2) is 34.5 Å². The van der Waals surface area contributed by atoms with E-state index in [2.05, 4.69) is 34.5 Å². The highest BCUT2D eigenvalue weighted by Gasteiger charge is 2.34. The highest BCUT2D eigenvalue weighted by molar-refractivity contribution is 5.80. The van der Waals surface area contributed by atoms with Crippen molar-refractivity contribution in [3.63, 3.8) is 0 Å². The van der Waals surface area contributed by atoms with Crippen LogP contribution in [0.1, 0.15) is 112 Å². The summed E-state index contributed by atoms with van der Waals surface area (Å²) in [6.07, 6.45) is 14.5. The molecule has 0 saturated heterocycles. The largest absolute Gasteiger partial charge is 0.394 e. The molecule has 39 heavy (non-hydrogen) atoms. The zero-order chi connectivity index (χ0) is 27.0. The number of nitrogens with one attached hydrogen (secondary N) is 1. The molecule has 2 aromatic rings. The van der Waals surface area contributed by atoms with Crippen LogP contribution in [0.25, 0.3) is 0 Å². The fourth-order valence-electron chi connectivity index (χ4n) is 7.30. The van der Waals surface area contributed by atoms with Crippen molar-refractivity contribution in [3.8, 4) is 0 Å². The van der Waals surface area contributed by atoms with Crippen LogP contribution < -0.4 is 5.32 Å². The van der Waals surface area contributed by atoms with Crippen LogP contribution in [0.15, 0.2) is 54.6 Å². The SMILES string of the molecule is O=C(NC(CO)c1ccccc1)C1CCCCC1c1ccc(CN(C(=O)C2CCCC2)C2CCCCC2)cc1. The van der Waals surface area contributed by atoms with Crippen LogP contribution in [0.2, 0.25) is 0 Å². The molecule has 2 amide bonds. The molecule has 3 atom stereocenters. The first-order chi connectivity index (χ1) is 19.1. The maximum atomic E-state index is 13.6. The van der Waals surface area contributed by atoms with Gasteiger partial charge >= 0.3 is 0 Å². The second-order valence-electron chi connectivity index (χ2n) is 12.1. The van der Waals surface area contributed by atoms with Gasteiger partial charge in [-0.25, -0.2) is 0 Å². The molecule has 5 rings (SSSR count). The van der Waals surface area contributed by atoms with Gasteiger partial charge in [0.05, 0.1) is 12.6 Å². The van der Waals surface area contributed by atoms with E-state index in [1.54, 1.807) is 0 Å². The van der Waals surface area contributed by atoms with E-state index in [4.69, 9.17) is 0 Å². The Morgan fingerprint density at radius 3 is 2.13 bits per heavy atom. The summed E-state index contributed by atoms with van der Waals surface area (Å²) in [6, 6.07) is 18.5. The van der Waals surface area contributed by atoms with Crippen LogP contribution in [0.5, 0.6) is 0 Å². The summed E-state index contributed by atoms with van der Waals surface area (Å²) in [4.78, 5) is 29.2. The van der Waals surface area contributed by atoms with Crippen molar-refractivity contribution in [2.75, 3.05) is 6.61 Å². The lowest BCUT2D eigenvalue weighted by Crippen LogP contribution is -2.43. The molecule has 3 fully saturated rings. The Bertz CT molecular complexity index is 1060. The van der Waals surface area contributed by atoms with E-state index in [-0.39, 0.29) is 36.3 Å². The minimum Gasteiger partial charge on any atom is -0.394 e. The van der Waals surface area contributed by atoms with Gasteiger partial charge in [0.1, 0.15) is 0 Å². The molecule has 5 heteroatoms. The quantitative estimate of drug-likeness (QED) is 0.381. The van der Waals surface area contributed by atoms with E-state index in [1.165, 1.54) is 43.2 Å². The maximum absolute atomic E-state index is 13.6. The fraction of sp³-hybridized carbons (Fsp3) is 0.588. The minimum atomic E-state index is -0.383. The van der Waals surface area contributed by atoms with E-state index in [0.717, 1.165) is 56.9 Å². The maximum Gasteiger partial charge on any atom is 0.226 e. The Labute approximate surface area is 234 Å². The highest BCUT2D eigenvalue weighted by Crippen LogP contribution is 2.39. The lowest BCUT2D eigenvalue weighted by molar-refractivity contribution is -0.139. The predicted octanol–water partition coefficient (Wildman–Crippen LogP) is 6.66. The first kappa shape index (κ1) is 27.9. The molecule has 0 heterocycles. The smallest absolute Gasteiger partial charge is 0.226 e. The molecule has 0 radical (unpaired) electrons. The zero-order valence-electron chi connectivity index (χ0n) is 23.4. The van der Waals surface area contributed by atoms with Gasteiger partial charge in [-0.15, -0.1) is 0 Å². The minimum absolute atomic E-state index is 0.0392. The van der Waals surface area contributed by atoms with Gasteiger partial charge < -0.3 is 15.3 Å². The Balaban J connectivity index is 1.27. The summed E-state index contributed by atoms with van der Waals surface area (Å²) in [6.45, 7) is 0.586. The van der Waals surface area contributed by atoms with Gasteiger partial charge in [0.25, 0.3) is 0 Å². The van der Waals surface area contributed by atoms with Crippen LogP contribution in [0.3, 0.4) is 0 Å². The molecule has 3 aliphatic rings. The summed E-state index contributed by atoms with van der Waals surface area (Å²) in [5, 5.41) is 13.1. The van der Waals surface area contributed by atoms with Crippen molar-refractivity contribution < 1.29 is 14.7 Å². The highest BCUT2D eigenvalue weighted by atomic mass is 16.3. The second-order valence-corrected chi connectivity index (χ2v) is 12.1. The van der Waals surface area contributed by atoms with E-state index in [1.807, 2.05) is 30.3 Å². The Hall–Kier alpha value is -2.66. The van der Waals surface area contributed by atoms with Crippen molar-refractivity contribution in [3.05, 3.63) is 71.3 Å². The molecular weight excluding hydrogens is 484 g/mol. The van der Waals surface area contributed by atoms with Gasteiger partial charge in [0, 0.05) is 24.4 Å². The average Bonchev–Trinajstić information content (AvgIpc) is 3.55. The summed E-state index contributed by atoms with van der Waals surface area (Å²) < 4.78 is 0. The van der Waals surface area contributed by atoms with Crippen LogP contribution in [0.4, 0.5) is 0 Å². The number of nitrogens with zero attached hydrogens (tertiary/aromatic N) is 1. The van der Waals surface area contributed by atoms with Gasteiger partial charge in [-0.05, 0) is 61.1 Å². The molecule has 3 unspecified atom stereocenters. The number of benzene rings is 2. The fourth-order valence-corrected chi connectivity index (χ4v) is 7.30. The second kappa shape index (κ2) is 13.6. The topological polar surface area (TPSA) is 69.6 Å². The van der Waals surface area contributed by atoms with Crippen molar-refractivity contribution in [2.24, 2.45) is 11.8 Å². The summed E-state index contributed by atoms with van der Waals surface area (Å²) in [7, 11) is 0. The van der Waals surface area contributed by atoms with Crippen molar-refractivity contribution in [1.29, 1.82) is 0 Å². The summed E-state index contributed by atoms with van der Waals surface area (Å²) >= 11 is 0. The molecular formula is C34H46N2O3. The predicted molar refractivity (Wildman–Crippen MR) is 155 cm³/mol. The molecule has 0 spiro atoms. The molecule has 0 aliphatic heterocycles. The van der Waals surface area contributed by atoms with Gasteiger partial charge in [-0.3, -0.25) is 9.59 Å². The zero-order valence-corrected chi connectivity index (χ0v) is 23.4. The van der Waals surface area contributed by atoms with Gasteiger partial charge in [0.15, 0.2) is 0 Å². The van der Waals surface area contributed by atoms with Crippen LogP contribution >= 0.6 is 0 Å². The summed E-state index contributed by atoms with van der Waals surface area (Å²) in [5.74, 6) is 0.718. The molecule has 0 aromatic heterocycles. The number of rotatable bonds is 9. The third-order valence-corrected chi connectivity index (χ3v) is 9.57. The van der Waals surface area contributed by atoms with Crippen LogP contribution in [-0.2, 0) is 16.1 Å². The van der Waals surface area contributed by atoms with E-state index in [9.17, 15) is 14.7 Å². The molecule has 5 nitrogen and oxygen atoms in total. The van der Waals surface area contributed by atoms with E-state index >= 15 is 0 Å². The number of hydrogen-bond donors (Lipinski definition) is 2. The number of carbonyl (C=O) groups is 2. The first-order valence-corrected chi connectivity index (χ1v) is 15.5. The lowest BCUT2D eigenvalue weighted by Gasteiger charge is -2.36. The monoisotopic (exact) mass is 530 g/mol. The molecule has 2 aromatic carbocycles. The Morgan fingerprint density at radius 1 is 0.795 bits per heavy atom. The van der Waals surface area contributed by atoms with Gasteiger partial charge in [0.2, 0.25) is 11.8 Å². The molecule has 3 saturated carbocycles. The molecule has 210 valence electrons. The number of aliphatic hydroxyl groups is 1. The number of carbonyl (C=O) groups excluding carboxylic acids is 2. The normalized spacial score (nSPS) is 23.3. The molecule has 0 bridgehead atoms. The number of aliphatic hydroxyl groups excluding tert-OH is 1. The summed E-state index contributed by atoms with van der Waals surface area (Å²) in [5.41, 5.74) is 3.34.